The lowest BCUT2D eigenvalue weighted by atomic mass is 9.98. The molecule has 3 heterocycles. The van der Waals surface area contributed by atoms with Crippen LogP contribution in [0.25, 0.3) is 11.1 Å². The van der Waals surface area contributed by atoms with Crippen LogP contribution in [0, 0.1) is 0 Å². The number of anilines is 2. The van der Waals surface area contributed by atoms with E-state index in [0.717, 1.165) is 42.0 Å². The van der Waals surface area contributed by atoms with E-state index >= 15 is 0 Å². The molecule has 2 amide bonds. The number of amides is 2. The molecule has 0 bridgehead atoms. The third-order valence-electron chi connectivity index (χ3n) is 6.25. The first-order chi connectivity index (χ1) is 14.5. The number of hydrogen-bond donors (Lipinski definition) is 0. The summed E-state index contributed by atoms with van der Waals surface area (Å²) in [4.78, 5) is 30.7. The molecule has 1 fully saturated rings. The molecule has 6 heteroatoms. The van der Waals surface area contributed by atoms with Crippen LogP contribution in [0.1, 0.15) is 32.3 Å². The molecule has 5 rings (SSSR count). The van der Waals surface area contributed by atoms with Crippen molar-refractivity contribution in [1.82, 2.24) is 0 Å². The van der Waals surface area contributed by atoms with Crippen molar-refractivity contribution in [3.8, 4) is 11.1 Å². The number of hydrogen-bond acceptors (Lipinski definition) is 4. The largest absolute Gasteiger partial charge is 0.368 e. The second kappa shape index (κ2) is 7.75. The first kappa shape index (κ1) is 19.6. The molecule has 3 aliphatic rings. The summed E-state index contributed by atoms with van der Waals surface area (Å²) >= 11 is 1.89. The van der Waals surface area contributed by atoms with Crippen LogP contribution in [-0.2, 0) is 20.7 Å². The molecule has 156 valence electrons. The van der Waals surface area contributed by atoms with Crippen molar-refractivity contribution in [2.75, 3.05) is 28.7 Å². The molecule has 1 unspecified atom stereocenters. The Labute approximate surface area is 181 Å². The van der Waals surface area contributed by atoms with E-state index in [1.54, 1.807) is 6.92 Å². The summed E-state index contributed by atoms with van der Waals surface area (Å²) in [6.07, 6.45) is 2.39. The van der Waals surface area contributed by atoms with Crippen LogP contribution in [0.2, 0.25) is 0 Å². The fraction of sp³-hybridized carbons (Fsp3) is 0.417. The minimum absolute atomic E-state index is 0.00289. The van der Waals surface area contributed by atoms with E-state index in [1.165, 1.54) is 16.0 Å². The van der Waals surface area contributed by atoms with Gasteiger partial charge < -0.3 is 14.5 Å². The van der Waals surface area contributed by atoms with E-state index in [9.17, 15) is 9.59 Å². The Morgan fingerprint density at radius 1 is 1.17 bits per heavy atom. The maximum absolute atomic E-state index is 13.3. The molecule has 0 N–H and O–H groups in total. The molecular formula is C24H26N2O3S. The number of nitrogens with zero attached hydrogens (tertiary/aromatic N) is 2. The monoisotopic (exact) mass is 422 g/mol. The molecule has 1 saturated heterocycles. The third kappa shape index (κ3) is 3.22. The predicted octanol–water partition coefficient (Wildman–Crippen LogP) is 4.27. The quantitative estimate of drug-likeness (QED) is 0.725. The summed E-state index contributed by atoms with van der Waals surface area (Å²) < 4.78 is 5.69. The standard InChI is InChI=1S/C24H26N2O3S/c1-15-14-25(24(28)22-7-4-11-29-22)21-13-18(8-9-20(21)26(15)16(2)27)19-6-3-5-17-10-12-30-23(17)19/h3,5-6,8-9,13,15,22H,4,7,10-12,14H2,1-2H3/t15-,22?/m0/s1. The van der Waals surface area contributed by atoms with E-state index in [1.807, 2.05) is 34.6 Å². The zero-order chi connectivity index (χ0) is 20.8. The molecule has 0 spiro atoms. The van der Waals surface area contributed by atoms with Gasteiger partial charge >= 0.3 is 0 Å². The zero-order valence-electron chi connectivity index (χ0n) is 17.4. The van der Waals surface area contributed by atoms with E-state index < -0.39 is 0 Å². The molecule has 3 aliphatic heterocycles. The van der Waals surface area contributed by atoms with Gasteiger partial charge in [0.2, 0.25) is 5.91 Å². The Kier molecular flexibility index (Phi) is 5.07. The normalized spacial score (nSPS) is 22.7. The van der Waals surface area contributed by atoms with Crippen LogP contribution in [-0.4, -0.2) is 42.9 Å². The Balaban J connectivity index is 1.62. The Bertz CT molecular complexity index is 1020. The number of carbonyl (C=O) groups is 2. The first-order valence-electron chi connectivity index (χ1n) is 10.7. The average Bonchev–Trinajstić information content (AvgIpc) is 3.43. The highest BCUT2D eigenvalue weighted by Crippen LogP contribution is 2.44. The number of fused-ring (bicyclic) bond motifs is 2. The maximum Gasteiger partial charge on any atom is 0.256 e. The van der Waals surface area contributed by atoms with Gasteiger partial charge in [0.05, 0.1) is 17.4 Å². The smallest absolute Gasteiger partial charge is 0.256 e. The summed E-state index contributed by atoms with van der Waals surface area (Å²) in [6, 6.07) is 12.5. The second-order valence-electron chi connectivity index (χ2n) is 8.28. The molecule has 2 aromatic rings. The number of rotatable bonds is 2. The molecule has 2 atom stereocenters. The highest BCUT2D eigenvalue weighted by molar-refractivity contribution is 7.99. The van der Waals surface area contributed by atoms with Gasteiger partial charge in [-0.15, -0.1) is 11.8 Å². The van der Waals surface area contributed by atoms with Crippen LogP contribution < -0.4 is 9.80 Å². The highest BCUT2D eigenvalue weighted by atomic mass is 32.2. The molecule has 2 aromatic carbocycles. The van der Waals surface area contributed by atoms with Crippen molar-refractivity contribution in [1.29, 1.82) is 0 Å². The summed E-state index contributed by atoms with van der Waals surface area (Å²) in [5, 5.41) is 0. The van der Waals surface area contributed by atoms with Crippen molar-refractivity contribution >= 4 is 35.0 Å². The van der Waals surface area contributed by atoms with Crippen LogP contribution in [0.3, 0.4) is 0 Å². The van der Waals surface area contributed by atoms with Crippen LogP contribution in [0.4, 0.5) is 11.4 Å². The van der Waals surface area contributed by atoms with Gasteiger partial charge in [-0.3, -0.25) is 9.59 Å². The number of carbonyl (C=O) groups excluding carboxylic acids is 2. The van der Waals surface area contributed by atoms with Gasteiger partial charge in [-0.05, 0) is 55.0 Å². The summed E-state index contributed by atoms with van der Waals surface area (Å²) in [5.41, 5.74) is 5.29. The molecular weight excluding hydrogens is 396 g/mol. The Morgan fingerprint density at radius 3 is 2.80 bits per heavy atom. The van der Waals surface area contributed by atoms with Gasteiger partial charge in [-0.2, -0.15) is 0 Å². The van der Waals surface area contributed by atoms with Crippen molar-refractivity contribution in [3.05, 3.63) is 42.0 Å². The van der Waals surface area contributed by atoms with Crippen LogP contribution >= 0.6 is 11.8 Å². The molecule has 0 radical (unpaired) electrons. The van der Waals surface area contributed by atoms with Crippen molar-refractivity contribution in [2.45, 2.75) is 50.2 Å². The topological polar surface area (TPSA) is 49.9 Å². The lowest BCUT2D eigenvalue weighted by molar-refractivity contribution is -0.127. The summed E-state index contributed by atoms with van der Waals surface area (Å²) in [5.74, 6) is 1.11. The number of ether oxygens (including phenoxy) is 1. The molecule has 0 aliphatic carbocycles. The summed E-state index contributed by atoms with van der Waals surface area (Å²) in [7, 11) is 0. The number of benzene rings is 2. The van der Waals surface area contributed by atoms with Crippen molar-refractivity contribution < 1.29 is 14.3 Å². The van der Waals surface area contributed by atoms with E-state index in [2.05, 4.69) is 30.3 Å². The molecule has 0 aromatic heterocycles. The van der Waals surface area contributed by atoms with Gasteiger partial charge in [0.1, 0.15) is 6.10 Å². The lowest BCUT2D eigenvalue weighted by Gasteiger charge is -2.41. The second-order valence-corrected chi connectivity index (χ2v) is 9.39. The van der Waals surface area contributed by atoms with Gasteiger partial charge in [-0.1, -0.05) is 24.3 Å². The Morgan fingerprint density at radius 2 is 2.03 bits per heavy atom. The number of aryl methyl sites for hydroxylation is 1. The fourth-order valence-electron chi connectivity index (χ4n) is 4.87. The lowest BCUT2D eigenvalue weighted by Crippen LogP contribution is -2.53. The van der Waals surface area contributed by atoms with Crippen molar-refractivity contribution in [3.63, 3.8) is 0 Å². The van der Waals surface area contributed by atoms with Crippen LogP contribution in [0.5, 0.6) is 0 Å². The van der Waals surface area contributed by atoms with Gasteiger partial charge in [0.25, 0.3) is 5.91 Å². The minimum Gasteiger partial charge on any atom is -0.368 e. The zero-order valence-corrected chi connectivity index (χ0v) is 18.2. The van der Waals surface area contributed by atoms with Gasteiger partial charge in [0.15, 0.2) is 0 Å². The number of thioether (sulfide) groups is 1. The van der Waals surface area contributed by atoms with E-state index in [4.69, 9.17) is 4.74 Å². The third-order valence-corrected chi connectivity index (χ3v) is 7.43. The van der Waals surface area contributed by atoms with Gasteiger partial charge in [0, 0.05) is 30.7 Å². The fourth-order valence-corrected chi connectivity index (χ4v) is 6.09. The van der Waals surface area contributed by atoms with Gasteiger partial charge in [-0.25, -0.2) is 0 Å². The SMILES string of the molecule is CC(=O)N1c2ccc(-c3cccc4c3SCC4)cc2N(C(=O)C2CCCO2)C[C@@H]1C. The predicted molar refractivity (Wildman–Crippen MR) is 120 cm³/mol. The summed E-state index contributed by atoms with van der Waals surface area (Å²) in [6.45, 7) is 4.71. The van der Waals surface area contributed by atoms with Crippen molar-refractivity contribution in [2.24, 2.45) is 0 Å². The first-order valence-corrected chi connectivity index (χ1v) is 11.6. The maximum atomic E-state index is 13.3. The molecule has 0 saturated carbocycles. The van der Waals surface area contributed by atoms with E-state index in [0.29, 0.717) is 13.2 Å². The Hall–Kier alpha value is -2.31. The van der Waals surface area contributed by atoms with Crippen LogP contribution in [0.15, 0.2) is 41.3 Å². The highest BCUT2D eigenvalue weighted by Gasteiger charge is 2.37. The minimum atomic E-state index is -0.380. The molecule has 5 nitrogen and oxygen atoms in total. The average molecular weight is 423 g/mol. The van der Waals surface area contributed by atoms with E-state index in [-0.39, 0.29) is 24.0 Å². The molecule has 30 heavy (non-hydrogen) atoms.